The molecule has 0 atom stereocenters. The van der Waals surface area contributed by atoms with E-state index in [2.05, 4.69) is 72.7 Å². The van der Waals surface area contributed by atoms with E-state index in [1.807, 2.05) is 23.7 Å². The van der Waals surface area contributed by atoms with Crippen LogP contribution in [-0.2, 0) is 19.4 Å². The number of nitrogens with zero attached hydrogens (tertiary/aromatic N) is 4. The molecule has 7 heteroatoms. The van der Waals surface area contributed by atoms with Gasteiger partial charge in [-0.1, -0.05) is 62.0 Å². The summed E-state index contributed by atoms with van der Waals surface area (Å²) in [6.07, 6.45) is 0. The monoisotopic (exact) mass is 450 g/mol. The fourth-order valence-electron chi connectivity index (χ4n) is 3.14. The second-order valence-corrected chi connectivity index (χ2v) is 9.52. The molecule has 5 nitrogen and oxygen atoms in total. The summed E-state index contributed by atoms with van der Waals surface area (Å²) >= 11 is 3.32. The first-order valence-electron chi connectivity index (χ1n) is 10.3. The summed E-state index contributed by atoms with van der Waals surface area (Å²) in [4.78, 5) is 4.80. The SMILES string of the molecule is Cc1ccccc1-c1nc(CSc2nnc(COc3ccc(C(C)C)cc3)n2C)cs1. The molecular weight excluding hydrogens is 424 g/mol. The Morgan fingerprint density at radius 2 is 1.84 bits per heavy atom. The largest absolute Gasteiger partial charge is 0.486 e. The van der Waals surface area contributed by atoms with Gasteiger partial charge in [0, 0.05) is 23.7 Å². The van der Waals surface area contributed by atoms with E-state index >= 15 is 0 Å². The minimum atomic E-state index is 0.388. The summed E-state index contributed by atoms with van der Waals surface area (Å²) in [6.45, 7) is 6.87. The topological polar surface area (TPSA) is 52.8 Å². The van der Waals surface area contributed by atoms with Crippen LogP contribution in [0.15, 0.2) is 59.1 Å². The van der Waals surface area contributed by atoms with Gasteiger partial charge in [0.1, 0.15) is 17.4 Å². The van der Waals surface area contributed by atoms with Crippen LogP contribution in [0.5, 0.6) is 5.75 Å². The van der Waals surface area contributed by atoms with E-state index in [4.69, 9.17) is 9.72 Å². The first kappa shape index (κ1) is 21.6. The Kier molecular flexibility index (Phi) is 6.73. The van der Waals surface area contributed by atoms with Crippen LogP contribution in [0.25, 0.3) is 10.6 Å². The third kappa shape index (κ3) is 5.17. The van der Waals surface area contributed by atoms with Gasteiger partial charge in [-0.05, 0) is 36.1 Å². The van der Waals surface area contributed by atoms with Gasteiger partial charge in [0.25, 0.3) is 0 Å². The van der Waals surface area contributed by atoms with E-state index in [1.165, 1.54) is 16.7 Å². The zero-order valence-corrected chi connectivity index (χ0v) is 19.8. The van der Waals surface area contributed by atoms with Crippen molar-refractivity contribution in [2.75, 3.05) is 0 Å². The molecule has 0 spiro atoms. The van der Waals surface area contributed by atoms with Crippen molar-refractivity contribution in [2.45, 2.75) is 44.2 Å². The molecule has 0 aliphatic carbocycles. The molecule has 0 saturated carbocycles. The maximum Gasteiger partial charge on any atom is 0.191 e. The van der Waals surface area contributed by atoms with Crippen molar-refractivity contribution in [3.05, 3.63) is 76.6 Å². The Morgan fingerprint density at radius 3 is 2.58 bits per heavy atom. The quantitative estimate of drug-likeness (QED) is 0.297. The molecule has 4 aromatic rings. The Labute approximate surface area is 191 Å². The molecular formula is C24H26N4OS2. The van der Waals surface area contributed by atoms with E-state index in [0.29, 0.717) is 12.5 Å². The number of rotatable bonds is 8. The van der Waals surface area contributed by atoms with Gasteiger partial charge in [-0.2, -0.15) is 0 Å². The summed E-state index contributed by atoms with van der Waals surface area (Å²) in [6, 6.07) is 16.6. The smallest absolute Gasteiger partial charge is 0.191 e. The lowest BCUT2D eigenvalue weighted by atomic mass is 10.0. The second kappa shape index (κ2) is 9.66. The van der Waals surface area contributed by atoms with Crippen molar-refractivity contribution < 1.29 is 4.74 Å². The number of aromatic nitrogens is 4. The number of hydrogen-bond donors (Lipinski definition) is 0. The summed E-state index contributed by atoms with van der Waals surface area (Å²) in [5.74, 6) is 2.91. The van der Waals surface area contributed by atoms with Gasteiger partial charge in [0.2, 0.25) is 0 Å². The van der Waals surface area contributed by atoms with Gasteiger partial charge < -0.3 is 9.30 Å². The Hall–Kier alpha value is -2.64. The Bertz CT molecular complexity index is 1150. The molecule has 0 aliphatic rings. The Morgan fingerprint density at radius 1 is 1.06 bits per heavy atom. The van der Waals surface area contributed by atoms with Crippen molar-refractivity contribution in [1.29, 1.82) is 0 Å². The van der Waals surface area contributed by atoms with E-state index in [0.717, 1.165) is 33.2 Å². The summed E-state index contributed by atoms with van der Waals surface area (Å²) in [5, 5.41) is 12.7. The molecule has 0 unspecified atom stereocenters. The van der Waals surface area contributed by atoms with Gasteiger partial charge in [-0.3, -0.25) is 0 Å². The van der Waals surface area contributed by atoms with Crippen LogP contribution in [0.3, 0.4) is 0 Å². The molecule has 0 saturated heterocycles. The molecule has 4 rings (SSSR count). The van der Waals surface area contributed by atoms with Crippen molar-refractivity contribution in [3.8, 4) is 16.3 Å². The number of benzene rings is 2. The minimum absolute atomic E-state index is 0.388. The molecule has 0 aliphatic heterocycles. The average Bonchev–Trinajstić information content (AvgIpc) is 3.38. The average molecular weight is 451 g/mol. The molecule has 160 valence electrons. The highest BCUT2D eigenvalue weighted by Crippen LogP contribution is 2.29. The van der Waals surface area contributed by atoms with Crippen molar-refractivity contribution in [2.24, 2.45) is 7.05 Å². The highest BCUT2D eigenvalue weighted by molar-refractivity contribution is 7.98. The Balaban J connectivity index is 1.35. The van der Waals surface area contributed by atoms with Gasteiger partial charge in [0.15, 0.2) is 11.0 Å². The molecule has 0 amide bonds. The van der Waals surface area contributed by atoms with Crippen molar-refractivity contribution in [3.63, 3.8) is 0 Å². The molecule has 0 fully saturated rings. The van der Waals surface area contributed by atoms with Crippen LogP contribution >= 0.6 is 23.1 Å². The van der Waals surface area contributed by atoms with Gasteiger partial charge in [-0.25, -0.2) is 4.98 Å². The number of hydrogen-bond acceptors (Lipinski definition) is 6. The normalized spacial score (nSPS) is 11.3. The fraction of sp³-hybridized carbons (Fsp3) is 0.292. The van der Waals surface area contributed by atoms with E-state index in [-0.39, 0.29) is 0 Å². The van der Waals surface area contributed by atoms with Crippen LogP contribution in [-0.4, -0.2) is 19.7 Å². The standard InChI is InChI=1S/C24H26N4OS2/c1-16(2)18-9-11-20(12-10-18)29-13-22-26-27-24(28(22)4)31-15-19-14-30-23(25-19)21-8-6-5-7-17(21)3/h5-12,14,16H,13,15H2,1-4H3. The molecule has 31 heavy (non-hydrogen) atoms. The summed E-state index contributed by atoms with van der Waals surface area (Å²) in [7, 11) is 1.97. The lowest BCUT2D eigenvalue weighted by Gasteiger charge is -2.09. The maximum atomic E-state index is 5.90. The molecule has 0 radical (unpaired) electrons. The van der Waals surface area contributed by atoms with Crippen LogP contribution in [0, 0.1) is 6.92 Å². The predicted octanol–water partition coefficient (Wildman–Crippen LogP) is 6.24. The highest BCUT2D eigenvalue weighted by Gasteiger charge is 2.12. The number of thiazole rings is 1. The third-order valence-corrected chi connectivity index (χ3v) is 7.09. The first-order valence-corrected chi connectivity index (χ1v) is 12.1. The van der Waals surface area contributed by atoms with Gasteiger partial charge >= 0.3 is 0 Å². The lowest BCUT2D eigenvalue weighted by Crippen LogP contribution is -2.04. The van der Waals surface area contributed by atoms with Crippen molar-refractivity contribution in [1.82, 2.24) is 19.7 Å². The van der Waals surface area contributed by atoms with Gasteiger partial charge in [0.05, 0.1) is 5.69 Å². The van der Waals surface area contributed by atoms with Crippen LogP contribution < -0.4 is 4.74 Å². The first-order chi connectivity index (χ1) is 15.0. The summed E-state index contributed by atoms with van der Waals surface area (Å²) < 4.78 is 7.89. The second-order valence-electron chi connectivity index (χ2n) is 7.72. The zero-order chi connectivity index (χ0) is 21.8. The van der Waals surface area contributed by atoms with E-state index in [1.54, 1.807) is 23.1 Å². The zero-order valence-electron chi connectivity index (χ0n) is 18.2. The lowest BCUT2D eigenvalue weighted by molar-refractivity contribution is 0.290. The van der Waals surface area contributed by atoms with Crippen LogP contribution in [0.2, 0.25) is 0 Å². The van der Waals surface area contributed by atoms with Crippen LogP contribution in [0.1, 0.15) is 42.4 Å². The molecule has 2 heterocycles. The molecule has 0 N–H and O–H groups in total. The third-order valence-electron chi connectivity index (χ3n) is 5.12. The fourth-order valence-corrected chi connectivity index (χ4v) is 4.98. The predicted molar refractivity (Wildman–Crippen MR) is 128 cm³/mol. The van der Waals surface area contributed by atoms with Crippen molar-refractivity contribution >= 4 is 23.1 Å². The van der Waals surface area contributed by atoms with Gasteiger partial charge in [-0.15, -0.1) is 21.5 Å². The number of aryl methyl sites for hydroxylation is 1. The molecule has 2 aromatic heterocycles. The highest BCUT2D eigenvalue weighted by atomic mass is 32.2. The molecule has 0 bridgehead atoms. The maximum absolute atomic E-state index is 5.90. The van der Waals surface area contributed by atoms with Crippen LogP contribution in [0.4, 0.5) is 0 Å². The van der Waals surface area contributed by atoms with E-state index < -0.39 is 0 Å². The number of ether oxygens (including phenoxy) is 1. The summed E-state index contributed by atoms with van der Waals surface area (Å²) in [5.41, 5.74) is 4.80. The molecule has 2 aromatic carbocycles. The number of thioether (sulfide) groups is 1. The minimum Gasteiger partial charge on any atom is -0.486 e. The van der Waals surface area contributed by atoms with E-state index in [9.17, 15) is 0 Å².